The minimum Gasteiger partial charge on any atom is -0.400 e. The smallest absolute Gasteiger partial charge is 0.209 e. The lowest BCUT2D eigenvalue weighted by atomic mass is 10.3. The second kappa shape index (κ2) is 4.26. The monoisotopic (exact) mass is 184 g/mol. The van der Waals surface area contributed by atoms with E-state index in [1.54, 1.807) is 12.1 Å². The van der Waals surface area contributed by atoms with Gasteiger partial charge in [-0.15, -0.1) is 0 Å². The fourth-order valence-electron chi connectivity index (χ4n) is 0.667. The minimum atomic E-state index is -1.22. The molecule has 0 aromatic heterocycles. The van der Waals surface area contributed by atoms with Crippen molar-refractivity contribution in [1.82, 2.24) is 0 Å². The fourth-order valence-corrected chi connectivity index (χ4v) is 1.16. The zero-order valence-corrected chi connectivity index (χ0v) is 8.01. The van der Waals surface area contributed by atoms with Gasteiger partial charge in [0.15, 0.2) is 0 Å². The van der Waals surface area contributed by atoms with Crippen LogP contribution in [0.1, 0.15) is 13.8 Å². The van der Waals surface area contributed by atoms with Crippen molar-refractivity contribution in [3.05, 3.63) is 30.3 Å². The molecule has 0 heterocycles. The fraction of sp³-hybridized carbons (Fsp3) is 0.333. The normalized spacial score (nSPS) is 12.9. The van der Waals surface area contributed by atoms with Crippen LogP contribution >= 0.6 is 0 Å². The van der Waals surface area contributed by atoms with E-state index < -0.39 is 11.1 Å². The second-order valence-electron chi connectivity index (χ2n) is 2.71. The summed E-state index contributed by atoms with van der Waals surface area (Å²) in [5, 5.41) is 0.0326. The van der Waals surface area contributed by atoms with Gasteiger partial charge in [0.05, 0.1) is 5.25 Å². The van der Waals surface area contributed by atoms with Gasteiger partial charge in [-0.3, -0.25) is 0 Å². The van der Waals surface area contributed by atoms with Crippen LogP contribution in [0.25, 0.3) is 0 Å². The first-order valence-electron chi connectivity index (χ1n) is 3.84. The zero-order chi connectivity index (χ0) is 8.97. The van der Waals surface area contributed by atoms with Crippen LogP contribution in [-0.4, -0.2) is 9.46 Å². The van der Waals surface area contributed by atoms with E-state index in [1.165, 1.54) is 0 Å². The summed E-state index contributed by atoms with van der Waals surface area (Å²) in [6.07, 6.45) is 0. The summed E-state index contributed by atoms with van der Waals surface area (Å²) in [5.41, 5.74) is 0. The van der Waals surface area contributed by atoms with Gasteiger partial charge >= 0.3 is 0 Å². The predicted molar refractivity (Wildman–Crippen MR) is 50.3 cm³/mol. The highest BCUT2D eigenvalue weighted by atomic mass is 32.2. The highest BCUT2D eigenvalue weighted by molar-refractivity contribution is 7.81. The molecule has 0 saturated carbocycles. The molecule has 0 bridgehead atoms. The molecule has 0 aliphatic heterocycles. The molecule has 1 rings (SSSR count). The third-order valence-electron chi connectivity index (χ3n) is 1.31. The molecule has 0 amide bonds. The Morgan fingerprint density at radius 3 is 2.33 bits per heavy atom. The molecule has 2 nitrogen and oxygen atoms in total. The van der Waals surface area contributed by atoms with E-state index in [4.69, 9.17) is 4.18 Å². The molecule has 1 unspecified atom stereocenters. The number of benzene rings is 1. The average molecular weight is 184 g/mol. The molecule has 0 N–H and O–H groups in total. The minimum absolute atomic E-state index is 0.0326. The molecule has 1 atom stereocenters. The molecule has 0 fully saturated rings. The maximum atomic E-state index is 11.2. The van der Waals surface area contributed by atoms with Crippen LogP contribution in [0, 0.1) is 0 Å². The van der Waals surface area contributed by atoms with E-state index in [0.717, 1.165) is 0 Å². The zero-order valence-electron chi connectivity index (χ0n) is 7.19. The SMILES string of the molecule is CC(C)S(=O)Oc1ccccc1. The first kappa shape index (κ1) is 9.26. The Morgan fingerprint density at radius 1 is 1.25 bits per heavy atom. The van der Waals surface area contributed by atoms with E-state index in [0.29, 0.717) is 5.75 Å². The van der Waals surface area contributed by atoms with Crippen LogP contribution in [-0.2, 0) is 11.1 Å². The highest BCUT2D eigenvalue weighted by Gasteiger charge is 2.06. The van der Waals surface area contributed by atoms with Crippen molar-refractivity contribution in [2.24, 2.45) is 0 Å². The maximum Gasteiger partial charge on any atom is 0.209 e. The molecule has 66 valence electrons. The summed E-state index contributed by atoms with van der Waals surface area (Å²) in [6.45, 7) is 3.72. The van der Waals surface area contributed by atoms with Crippen molar-refractivity contribution < 1.29 is 8.39 Å². The summed E-state index contributed by atoms with van der Waals surface area (Å²) in [6, 6.07) is 9.19. The van der Waals surface area contributed by atoms with Crippen molar-refractivity contribution >= 4 is 11.1 Å². The van der Waals surface area contributed by atoms with Gasteiger partial charge in [-0.05, 0) is 26.0 Å². The Kier molecular flexibility index (Phi) is 3.29. The number of hydrogen-bond acceptors (Lipinski definition) is 2. The molecule has 3 heteroatoms. The Morgan fingerprint density at radius 2 is 1.83 bits per heavy atom. The summed E-state index contributed by atoms with van der Waals surface area (Å²) in [7, 11) is 0. The molecular formula is C9H12O2S. The van der Waals surface area contributed by atoms with Crippen LogP contribution in [0.3, 0.4) is 0 Å². The second-order valence-corrected chi connectivity index (χ2v) is 4.34. The van der Waals surface area contributed by atoms with E-state index in [-0.39, 0.29) is 5.25 Å². The highest BCUT2D eigenvalue weighted by Crippen LogP contribution is 2.11. The first-order chi connectivity index (χ1) is 5.70. The summed E-state index contributed by atoms with van der Waals surface area (Å²) >= 11 is -1.22. The molecular weight excluding hydrogens is 172 g/mol. The van der Waals surface area contributed by atoms with Crippen molar-refractivity contribution in [2.45, 2.75) is 19.1 Å². The number of para-hydroxylation sites is 1. The van der Waals surface area contributed by atoms with E-state index >= 15 is 0 Å². The van der Waals surface area contributed by atoms with Crippen molar-refractivity contribution in [2.75, 3.05) is 0 Å². The van der Waals surface area contributed by atoms with Gasteiger partial charge in [0.2, 0.25) is 11.1 Å². The van der Waals surface area contributed by atoms with Gasteiger partial charge in [0.1, 0.15) is 5.75 Å². The van der Waals surface area contributed by atoms with Gasteiger partial charge in [-0.25, -0.2) is 4.21 Å². The first-order valence-corrected chi connectivity index (χ1v) is 4.98. The quantitative estimate of drug-likeness (QED) is 0.719. The molecule has 0 aliphatic carbocycles. The third kappa shape index (κ3) is 2.66. The number of rotatable bonds is 3. The van der Waals surface area contributed by atoms with Crippen LogP contribution in [0.15, 0.2) is 30.3 Å². The van der Waals surface area contributed by atoms with Crippen molar-refractivity contribution in [3.63, 3.8) is 0 Å². The van der Waals surface area contributed by atoms with Crippen LogP contribution in [0.5, 0.6) is 5.75 Å². The molecule has 0 spiro atoms. The largest absolute Gasteiger partial charge is 0.400 e. The summed E-state index contributed by atoms with van der Waals surface area (Å²) < 4.78 is 16.3. The Bertz CT molecular complexity index is 256. The lowest BCUT2D eigenvalue weighted by Gasteiger charge is -2.06. The van der Waals surface area contributed by atoms with Gasteiger partial charge in [-0.2, -0.15) is 0 Å². The lowest BCUT2D eigenvalue weighted by Crippen LogP contribution is -2.11. The van der Waals surface area contributed by atoms with Crippen molar-refractivity contribution in [1.29, 1.82) is 0 Å². The van der Waals surface area contributed by atoms with Crippen molar-refractivity contribution in [3.8, 4) is 5.75 Å². The van der Waals surface area contributed by atoms with Gasteiger partial charge in [0.25, 0.3) is 0 Å². The molecule has 1 aromatic rings. The summed E-state index contributed by atoms with van der Waals surface area (Å²) in [5.74, 6) is 0.657. The number of hydrogen-bond donors (Lipinski definition) is 0. The molecule has 0 radical (unpaired) electrons. The average Bonchev–Trinajstić information content (AvgIpc) is 2.06. The maximum absolute atomic E-state index is 11.2. The van der Waals surface area contributed by atoms with Gasteiger partial charge in [-0.1, -0.05) is 18.2 Å². The molecule has 0 aliphatic rings. The topological polar surface area (TPSA) is 26.3 Å². The molecule has 12 heavy (non-hydrogen) atoms. The third-order valence-corrected chi connectivity index (χ3v) is 2.43. The Labute approximate surface area is 75.2 Å². The van der Waals surface area contributed by atoms with Gasteiger partial charge < -0.3 is 4.18 Å². The predicted octanol–water partition coefficient (Wildman–Crippen LogP) is 2.14. The Hall–Kier alpha value is -0.830. The standard InChI is InChI=1S/C9H12O2S/c1-8(2)12(10)11-9-6-4-3-5-7-9/h3-8H,1-2H3. The molecule has 1 aromatic carbocycles. The summed E-state index contributed by atoms with van der Waals surface area (Å²) in [4.78, 5) is 0. The Balaban J connectivity index is 2.59. The van der Waals surface area contributed by atoms with E-state index in [9.17, 15) is 4.21 Å². The van der Waals surface area contributed by atoms with E-state index in [1.807, 2.05) is 32.0 Å². The van der Waals surface area contributed by atoms with Crippen LogP contribution in [0.4, 0.5) is 0 Å². The lowest BCUT2D eigenvalue weighted by molar-refractivity contribution is 0.553. The molecule has 0 saturated heterocycles. The van der Waals surface area contributed by atoms with Gasteiger partial charge in [0, 0.05) is 0 Å². The van der Waals surface area contributed by atoms with E-state index in [2.05, 4.69) is 0 Å². The van der Waals surface area contributed by atoms with Crippen LogP contribution in [0.2, 0.25) is 0 Å². The van der Waals surface area contributed by atoms with Crippen LogP contribution < -0.4 is 4.18 Å².